The molecule has 21 heavy (non-hydrogen) atoms. The Kier molecular flexibility index (Phi) is 12.3. The summed E-state index contributed by atoms with van der Waals surface area (Å²) in [6.07, 6.45) is 2.59. The van der Waals surface area contributed by atoms with E-state index in [2.05, 4.69) is 27.9 Å². The van der Waals surface area contributed by atoms with E-state index in [1.165, 1.54) is 18.6 Å². The number of carbonyl (C=O) groups is 1. The Labute approximate surface area is 149 Å². The van der Waals surface area contributed by atoms with Crippen molar-refractivity contribution in [3.05, 3.63) is 0 Å². The molecule has 1 unspecified atom stereocenters. The summed E-state index contributed by atoms with van der Waals surface area (Å²) < 4.78 is 0. The number of halogens is 1. The van der Waals surface area contributed by atoms with Crippen LogP contribution >= 0.6 is 35.7 Å². The molecule has 0 aromatic heterocycles. The number of guanidine groups is 1. The van der Waals surface area contributed by atoms with Crippen molar-refractivity contribution in [2.45, 2.75) is 38.9 Å². The highest BCUT2D eigenvalue weighted by atomic mass is 127. The Morgan fingerprint density at radius 2 is 2.00 bits per heavy atom. The lowest BCUT2D eigenvalue weighted by Gasteiger charge is -2.13. The van der Waals surface area contributed by atoms with Gasteiger partial charge in [-0.25, -0.2) is 0 Å². The van der Waals surface area contributed by atoms with Gasteiger partial charge in [0.2, 0.25) is 5.91 Å². The van der Waals surface area contributed by atoms with Crippen LogP contribution in [0.2, 0.25) is 0 Å². The third-order valence-electron chi connectivity index (χ3n) is 3.06. The Bertz CT molecular complexity index is 320. The topological polar surface area (TPSA) is 65.5 Å². The van der Waals surface area contributed by atoms with E-state index in [9.17, 15) is 4.79 Å². The first-order valence-electron chi connectivity index (χ1n) is 7.55. The van der Waals surface area contributed by atoms with Crippen molar-refractivity contribution in [1.29, 1.82) is 0 Å². The SMILES string of the molecule is CCNC(=NCC1CCCS1)NCCNC(=O)C(C)C.I. The molecule has 0 bridgehead atoms. The number of aliphatic imine (C=N–C) groups is 1. The van der Waals surface area contributed by atoms with Gasteiger partial charge in [-0.3, -0.25) is 9.79 Å². The fourth-order valence-electron chi connectivity index (χ4n) is 1.89. The van der Waals surface area contributed by atoms with Crippen molar-refractivity contribution in [1.82, 2.24) is 16.0 Å². The van der Waals surface area contributed by atoms with Gasteiger partial charge in [-0.15, -0.1) is 24.0 Å². The Hall–Kier alpha value is -0.180. The molecule has 1 rings (SSSR count). The molecule has 1 heterocycles. The van der Waals surface area contributed by atoms with Crippen molar-refractivity contribution in [2.75, 3.05) is 31.9 Å². The van der Waals surface area contributed by atoms with Crippen LogP contribution in [-0.2, 0) is 4.79 Å². The van der Waals surface area contributed by atoms with Crippen LogP contribution in [0.15, 0.2) is 4.99 Å². The molecule has 1 saturated heterocycles. The summed E-state index contributed by atoms with van der Waals surface area (Å²) in [5, 5.41) is 10.0. The molecule has 1 aliphatic rings. The summed E-state index contributed by atoms with van der Waals surface area (Å²) in [7, 11) is 0. The van der Waals surface area contributed by atoms with E-state index in [-0.39, 0.29) is 35.8 Å². The van der Waals surface area contributed by atoms with E-state index in [1.807, 2.05) is 25.6 Å². The molecular weight excluding hydrogens is 399 g/mol. The standard InChI is InChI=1S/C14H28N4OS.HI/c1-4-15-14(18-10-12-6-5-9-20-12)17-8-7-16-13(19)11(2)3;/h11-12H,4-10H2,1-3H3,(H,16,19)(H2,15,17,18);1H. The minimum absolute atomic E-state index is 0. The van der Waals surface area contributed by atoms with Gasteiger partial charge in [-0.2, -0.15) is 11.8 Å². The summed E-state index contributed by atoms with van der Waals surface area (Å²) in [5.74, 6) is 2.25. The van der Waals surface area contributed by atoms with Crippen molar-refractivity contribution >= 4 is 47.6 Å². The lowest BCUT2D eigenvalue weighted by Crippen LogP contribution is -2.42. The fraction of sp³-hybridized carbons (Fsp3) is 0.857. The van der Waals surface area contributed by atoms with Crippen LogP contribution in [0.3, 0.4) is 0 Å². The van der Waals surface area contributed by atoms with E-state index >= 15 is 0 Å². The third-order valence-corrected chi connectivity index (χ3v) is 4.44. The van der Waals surface area contributed by atoms with E-state index < -0.39 is 0 Å². The Morgan fingerprint density at radius 1 is 1.29 bits per heavy atom. The average Bonchev–Trinajstić information content (AvgIpc) is 2.93. The smallest absolute Gasteiger partial charge is 0.222 e. The number of hydrogen-bond acceptors (Lipinski definition) is 3. The molecule has 3 N–H and O–H groups in total. The monoisotopic (exact) mass is 428 g/mol. The molecule has 1 amide bonds. The zero-order chi connectivity index (χ0) is 14.8. The van der Waals surface area contributed by atoms with Gasteiger partial charge in [-0.1, -0.05) is 13.8 Å². The molecule has 1 fully saturated rings. The first kappa shape index (κ1) is 20.8. The molecule has 7 heteroatoms. The van der Waals surface area contributed by atoms with Gasteiger partial charge in [0.25, 0.3) is 0 Å². The lowest BCUT2D eigenvalue weighted by atomic mass is 10.2. The highest BCUT2D eigenvalue weighted by Gasteiger charge is 2.14. The molecule has 0 aromatic carbocycles. The van der Waals surface area contributed by atoms with Gasteiger partial charge < -0.3 is 16.0 Å². The van der Waals surface area contributed by atoms with Crippen molar-refractivity contribution in [2.24, 2.45) is 10.9 Å². The molecule has 0 radical (unpaired) electrons. The van der Waals surface area contributed by atoms with E-state index in [4.69, 9.17) is 0 Å². The summed E-state index contributed by atoms with van der Waals surface area (Å²) in [6.45, 7) is 8.89. The zero-order valence-electron chi connectivity index (χ0n) is 13.3. The van der Waals surface area contributed by atoms with Crippen LogP contribution in [0, 0.1) is 5.92 Å². The van der Waals surface area contributed by atoms with Gasteiger partial charge in [-0.05, 0) is 25.5 Å². The molecule has 124 valence electrons. The second kappa shape index (κ2) is 12.4. The molecular formula is C14H29IN4OS. The first-order valence-corrected chi connectivity index (χ1v) is 8.59. The van der Waals surface area contributed by atoms with Crippen molar-refractivity contribution in [3.63, 3.8) is 0 Å². The summed E-state index contributed by atoms with van der Waals surface area (Å²) in [6, 6.07) is 0. The molecule has 1 aliphatic heterocycles. The van der Waals surface area contributed by atoms with Crippen LogP contribution < -0.4 is 16.0 Å². The Balaban J connectivity index is 0.00000400. The highest BCUT2D eigenvalue weighted by Crippen LogP contribution is 2.25. The minimum atomic E-state index is 0. The van der Waals surface area contributed by atoms with Gasteiger partial charge >= 0.3 is 0 Å². The maximum absolute atomic E-state index is 11.4. The van der Waals surface area contributed by atoms with Crippen LogP contribution in [0.4, 0.5) is 0 Å². The largest absolute Gasteiger partial charge is 0.357 e. The molecule has 5 nitrogen and oxygen atoms in total. The number of nitrogens with zero attached hydrogens (tertiary/aromatic N) is 1. The predicted molar refractivity (Wildman–Crippen MR) is 103 cm³/mol. The maximum atomic E-state index is 11.4. The summed E-state index contributed by atoms with van der Waals surface area (Å²) in [4.78, 5) is 16.0. The predicted octanol–water partition coefficient (Wildman–Crippen LogP) is 1.83. The molecule has 1 atom stereocenters. The van der Waals surface area contributed by atoms with Gasteiger partial charge in [0, 0.05) is 30.8 Å². The third kappa shape index (κ3) is 9.44. The second-order valence-corrected chi connectivity index (χ2v) is 6.64. The molecule has 0 saturated carbocycles. The number of rotatable bonds is 7. The molecule has 0 aromatic rings. The van der Waals surface area contributed by atoms with E-state index in [1.54, 1.807) is 0 Å². The normalized spacial score (nSPS) is 18.3. The minimum Gasteiger partial charge on any atom is -0.357 e. The lowest BCUT2D eigenvalue weighted by molar-refractivity contribution is -0.123. The highest BCUT2D eigenvalue weighted by molar-refractivity contribution is 14.0. The summed E-state index contributed by atoms with van der Waals surface area (Å²) >= 11 is 2.02. The number of carbonyl (C=O) groups excluding carboxylic acids is 1. The Morgan fingerprint density at radius 3 is 2.57 bits per heavy atom. The number of hydrogen-bond donors (Lipinski definition) is 3. The van der Waals surface area contributed by atoms with E-state index in [0.29, 0.717) is 18.3 Å². The second-order valence-electron chi connectivity index (χ2n) is 5.23. The van der Waals surface area contributed by atoms with E-state index in [0.717, 1.165) is 19.0 Å². The number of nitrogens with one attached hydrogen (secondary N) is 3. The van der Waals surface area contributed by atoms with Gasteiger partial charge in [0.1, 0.15) is 0 Å². The first-order chi connectivity index (χ1) is 9.63. The average molecular weight is 428 g/mol. The maximum Gasteiger partial charge on any atom is 0.222 e. The number of thioether (sulfide) groups is 1. The van der Waals surface area contributed by atoms with Crippen molar-refractivity contribution in [3.8, 4) is 0 Å². The molecule has 0 spiro atoms. The summed E-state index contributed by atoms with van der Waals surface area (Å²) in [5.41, 5.74) is 0. The quantitative estimate of drug-likeness (QED) is 0.251. The van der Waals surface area contributed by atoms with Crippen LogP contribution in [-0.4, -0.2) is 49.0 Å². The van der Waals surface area contributed by atoms with Crippen molar-refractivity contribution < 1.29 is 4.79 Å². The number of amides is 1. The van der Waals surface area contributed by atoms with Crippen LogP contribution in [0.1, 0.15) is 33.6 Å². The fourth-order valence-corrected chi connectivity index (χ4v) is 3.07. The van der Waals surface area contributed by atoms with Gasteiger partial charge in [0.15, 0.2) is 5.96 Å². The zero-order valence-corrected chi connectivity index (χ0v) is 16.4. The molecule has 0 aliphatic carbocycles. The van der Waals surface area contributed by atoms with Gasteiger partial charge in [0.05, 0.1) is 6.54 Å². The van der Waals surface area contributed by atoms with Crippen LogP contribution in [0.5, 0.6) is 0 Å². The van der Waals surface area contributed by atoms with Crippen LogP contribution in [0.25, 0.3) is 0 Å².